The second-order valence-corrected chi connectivity index (χ2v) is 9.93. The van der Waals surface area contributed by atoms with Crippen molar-refractivity contribution in [1.29, 1.82) is 0 Å². The first-order valence-corrected chi connectivity index (χ1v) is 12.4. The highest BCUT2D eigenvalue weighted by Gasteiger charge is 2.51. The maximum Gasteiger partial charge on any atom is 0.421 e. The van der Waals surface area contributed by atoms with Gasteiger partial charge in [-0.15, -0.1) is 0 Å². The highest BCUT2D eigenvalue weighted by Crippen LogP contribution is 2.41. The van der Waals surface area contributed by atoms with Crippen molar-refractivity contribution in [3.63, 3.8) is 0 Å². The minimum absolute atomic E-state index is 0.00965. The van der Waals surface area contributed by atoms with Gasteiger partial charge in [-0.2, -0.15) is 13.2 Å². The molecule has 1 saturated carbocycles. The van der Waals surface area contributed by atoms with Crippen LogP contribution < -0.4 is 5.32 Å². The molecule has 8 heteroatoms. The van der Waals surface area contributed by atoms with E-state index < -0.39 is 11.8 Å². The molecular formula is C28H35F3N2O3. The number of amides is 2. The van der Waals surface area contributed by atoms with Crippen LogP contribution >= 0.6 is 0 Å². The minimum atomic E-state index is -4.82. The molecule has 0 aromatic heterocycles. The molecule has 196 valence electrons. The third kappa shape index (κ3) is 5.91. The van der Waals surface area contributed by atoms with E-state index in [0.29, 0.717) is 25.6 Å². The summed E-state index contributed by atoms with van der Waals surface area (Å²) in [5, 5.41) is 12.9. The molecule has 0 unspecified atom stereocenters. The number of hydrogen-bond donors (Lipinski definition) is 2. The molecule has 5 nitrogen and oxygen atoms in total. The van der Waals surface area contributed by atoms with Crippen LogP contribution in [-0.2, 0) is 15.8 Å². The van der Waals surface area contributed by atoms with Crippen molar-refractivity contribution >= 4 is 11.8 Å². The molecule has 0 radical (unpaired) electrons. The van der Waals surface area contributed by atoms with Gasteiger partial charge in [0.1, 0.15) is 0 Å². The number of carbonyl (C=O) groups is 2. The molecule has 36 heavy (non-hydrogen) atoms. The summed E-state index contributed by atoms with van der Waals surface area (Å²) in [7, 11) is 0. The van der Waals surface area contributed by atoms with E-state index in [-0.39, 0.29) is 28.8 Å². The summed E-state index contributed by atoms with van der Waals surface area (Å²) < 4.78 is 39.6. The van der Waals surface area contributed by atoms with E-state index >= 15 is 0 Å². The van der Waals surface area contributed by atoms with Crippen molar-refractivity contribution in [1.82, 2.24) is 10.2 Å². The minimum Gasteiger partial charge on any atom is -0.376 e. The van der Waals surface area contributed by atoms with E-state index in [1.807, 2.05) is 30.0 Å². The van der Waals surface area contributed by atoms with E-state index in [9.17, 15) is 27.9 Å². The zero-order chi connectivity index (χ0) is 26.6. The molecule has 1 atom stereocenters. The fourth-order valence-corrected chi connectivity index (χ4v) is 5.08. The summed E-state index contributed by atoms with van der Waals surface area (Å²) in [6.07, 6.45) is -0.982. The summed E-state index contributed by atoms with van der Waals surface area (Å²) in [5.74, 6) is -0.308. The maximum atomic E-state index is 13.4. The van der Waals surface area contributed by atoms with Crippen LogP contribution in [0.2, 0.25) is 0 Å². The van der Waals surface area contributed by atoms with E-state index in [1.165, 1.54) is 31.2 Å². The first kappa shape index (κ1) is 27.7. The molecule has 0 heterocycles. The topological polar surface area (TPSA) is 69.6 Å². The molecule has 2 N–H and O–H groups in total. The average Bonchev–Trinajstić information content (AvgIpc) is 2.86. The molecule has 0 bridgehead atoms. The number of halogens is 3. The Morgan fingerprint density at radius 3 is 2.14 bits per heavy atom. The lowest BCUT2D eigenvalue weighted by atomic mass is 9.67. The Morgan fingerprint density at radius 2 is 1.64 bits per heavy atom. The van der Waals surface area contributed by atoms with Crippen molar-refractivity contribution in [3.05, 3.63) is 71.3 Å². The molecule has 1 fully saturated rings. The van der Waals surface area contributed by atoms with Gasteiger partial charge in [0, 0.05) is 37.0 Å². The van der Waals surface area contributed by atoms with Crippen LogP contribution in [0.1, 0.15) is 74.4 Å². The first-order valence-electron chi connectivity index (χ1n) is 12.4. The van der Waals surface area contributed by atoms with Crippen LogP contribution in [0.3, 0.4) is 0 Å². The van der Waals surface area contributed by atoms with Crippen LogP contribution in [0.4, 0.5) is 13.2 Å². The average molecular weight is 505 g/mol. The molecule has 2 aromatic carbocycles. The van der Waals surface area contributed by atoms with Gasteiger partial charge in [0.15, 0.2) is 5.60 Å². The van der Waals surface area contributed by atoms with Gasteiger partial charge in [-0.05, 0) is 62.3 Å². The number of aliphatic hydroxyl groups is 1. The summed E-state index contributed by atoms with van der Waals surface area (Å²) in [4.78, 5) is 26.9. The second-order valence-electron chi connectivity index (χ2n) is 9.93. The standard InChI is InChI=1S/C28H35F3N2O3/c1-4-18-33(25(35)21-10-12-22(13-11-21)26(3,36)28(29,30)31)24-14-16-27(17-15-24,19-32-20(2)34)23-8-6-5-7-9-23/h5-13,24,36H,4,14-19H2,1-3H3,(H,32,34)/t24-,26-,27-/m0/s1. The van der Waals surface area contributed by atoms with Crippen molar-refractivity contribution in [2.24, 2.45) is 0 Å². The number of nitrogens with one attached hydrogen (secondary N) is 1. The van der Waals surface area contributed by atoms with Crippen molar-refractivity contribution in [2.75, 3.05) is 13.1 Å². The SMILES string of the molecule is CCCN(C(=O)c1ccc([C@](C)(O)C(F)(F)F)cc1)[C@H]1CC[C@](CNC(C)=O)(c2ccccc2)CC1. The second kappa shape index (κ2) is 11.0. The molecule has 2 aromatic rings. The van der Waals surface area contributed by atoms with Gasteiger partial charge >= 0.3 is 6.18 Å². The number of hydrogen-bond acceptors (Lipinski definition) is 3. The van der Waals surface area contributed by atoms with E-state index in [4.69, 9.17) is 0 Å². The van der Waals surface area contributed by atoms with Crippen molar-refractivity contribution in [2.45, 2.75) is 76.1 Å². The van der Waals surface area contributed by atoms with Crippen molar-refractivity contribution < 1.29 is 27.9 Å². The molecule has 0 aliphatic heterocycles. The zero-order valence-corrected chi connectivity index (χ0v) is 21.1. The fraction of sp³-hybridized carbons (Fsp3) is 0.500. The van der Waals surface area contributed by atoms with Crippen LogP contribution in [0.15, 0.2) is 54.6 Å². The van der Waals surface area contributed by atoms with Crippen LogP contribution in [0, 0.1) is 0 Å². The molecular weight excluding hydrogens is 469 g/mol. The maximum absolute atomic E-state index is 13.4. The van der Waals surface area contributed by atoms with Gasteiger partial charge in [0.25, 0.3) is 5.91 Å². The third-order valence-electron chi connectivity index (χ3n) is 7.39. The Bertz CT molecular complexity index is 1030. The number of nitrogens with zero attached hydrogens (tertiary/aromatic N) is 1. The van der Waals surface area contributed by atoms with Gasteiger partial charge in [-0.3, -0.25) is 9.59 Å². The lowest BCUT2D eigenvalue weighted by molar-refractivity contribution is -0.258. The zero-order valence-electron chi connectivity index (χ0n) is 21.1. The lowest BCUT2D eigenvalue weighted by Crippen LogP contribution is -2.49. The number of carbonyl (C=O) groups excluding carboxylic acids is 2. The van der Waals surface area contributed by atoms with Gasteiger partial charge in [-0.1, -0.05) is 49.4 Å². The van der Waals surface area contributed by atoms with Crippen LogP contribution in [0.25, 0.3) is 0 Å². The van der Waals surface area contributed by atoms with E-state index in [0.717, 1.165) is 37.7 Å². The third-order valence-corrected chi connectivity index (χ3v) is 7.39. The van der Waals surface area contributed by atoms with Crippen molar-refractivity contribution in [3.8, 4) is 0 Å². The predicted octanol–water partition coefficient (Wildman–Crippen LogP) is 5.33. The number of alkyl halides is 3. The Morgan fingerprint density at radius 1 is 1.06 bits per heavy atom. The smallest absolute Gasteiger partial charge is 0.376 e. The quantitative estimate of drug-likeness (QED) is 0.511. The van der Waals surface area contributed by atoms with Gasteiger partial charge in [0.05, 0.1) is 0 Å². The highest BCUT2D eigenvalue weighted by atomic mass is 19.4. The molecule has 2 amide bonds. The first-order chi connectivity index (χ1) is 16.9. The molecule has 0 saturated heterocycles. The van der Waals surface area contributed by atoms with Crippen LogP contribution in [0.5, 0.6) is 0 Å². The largest absolute Gasteiger partial charge is 0.421 e. The number of rotatable bonds is 8. The normalized spacial score (nSPS) is 21.9. The monoisotopic (exact) mass is 504 g/mol. The molecule has 1 aliphatic rings. The Labute approximate surface area is 210 Å². The Kier molecular flexibility index (Phi) is 8.49. The van der Waals surface area contributed by atoms with Gasteiger partial charge < -0.3 is 15.3 Å². The van der Waals surface area contributed by atoms with E-state index in [2.05, 4.69) is 17.4 Å². The van der Waals surface area contributed by atoms with E-state index in [1.54, 1.807) is 0 Å². The van der Waals surface area contributed by atoms with Crippen LogP contribution in [-0.4, -0.2) is 47.1 Å². The summed E-state index contributed by atoms with van der Waals surface area (Å²) in [5.41, 5.74) is -2.05. The Balaban J connectivity index is 1.78. The fourth-order valence-electron chi connectivity index (χ4n) is 5.08. The van der Waals surface area contributed by atoms with Gasteiger partial charge in [-0.25, -0.2) is 0 Å². The van der Waals surface area contributed by atoms with Gasteiger partial charge in [0.2, 0.25) is 5.91 Å². The summed E-state index contributed by atoms with van der Waals surface area (Å²) in [6, 6.07) is 15.1. The lowest BCUT2D eigenvalue weighted by Gasteiger charge is -2.44. The summed E-state index contributed by atoms with van der Waals surface area (Å²) >= 11 is 0. The highest BCUT2D eigenvalue weighted by molar-refractivity contribution is 5.94. The Hall–Kier alpha value is -2.87. The molecule has 3 rings (SSSR count). The number of benzene rings is 2. The molecule has 0 spiro atoms. The molecule has 1 aliphatic carbocycles. The predicted molar refractivity (Wildman–Crippen MR) is 132 cm³/mol. The summed E-state index contributed by atoms with van der Waals surface area (Å²) in [6.45, 7) is 5.26.